The summed E-state index contributed by atoms with van der Waals surface area (Å²) in [7, 11) is 0. The van der Waals surface area contributed by atoms with Gasteiger partial charge in [0.1, 0.15) is 11.8 Å². The maximum absolute atomic E-state index is 12.4. The van der Waals surface area contributed by atoms with E-state index in [1.54, 1.807) is 6.07 Å². The molecule has 0 aliphatic rings. The Kier molecular flexibility index (Phi) is 4.18. The lowest BCUT2D eigenvalue weighted by Crippen LogP contribution is -2.28. The van der Waals surface area contributed by atoms with Crippen LogP contribution in [-0.4, -0.2) is 12.8 Å². The molecule has 1 atom stereocenters. The van der Waals surface area contributed by atoms with Crippen molar-refractivity contribution in [1.29, 1.82) is 0 Å². The normalized spacial score (nSPS) is 13.6. The highest BCUT2D eigenvalue weighted by Gasteiger charge is 2.37. The van der Waals surface area contributed by atoms with Crippen LogP contribution in [0.25, 0.3) is 0 Å². The first-order valence-electron chi connectivity index (χ1n) is 5.00. The molecule has 0 fully saturated rings. The Morgan fingerprint density at radius 2 is 2.06 bits per heavy atom. The quantitative estimate of drug-likeness (QED) is 0.867. The summed E-state index contributed by atoms with van der Waals surface area (Å²) in [5.41, 5.74) is 5.10. The molecule has 2 nitrogen and oxygen atoms in total. The van der Waals surface area contributed by atoms with E-state index in [-0.39, 0.29) is 5.56 Å². The van der Waals surface area contributed by atoms with Gasteiger partial charge < -0.3 is 10.5 Å². The summed E-state index contributed by atoms with van der Waals surface area (Å²) in [6.07, 6.45) is -3.63. The molecule has 1 aromatic carbocycles. The third-order valence-corrected chi connectivity index (χ3v) is 2.04. The van der Waals surface area contributed by atoms with Crippen LogP contribution in [0.2, 0.25) is 0 Å². The molecule has 0 unspecified atom stereocenters. The van der Waals surface area contributed by atoms with E-state index in [2.05, 4.69) is 0 Å². The SMILES string of the molecule is CCCOc1cccc([C@@H](N)C(F)(F)F)c1. The number of nitrogens with two attached hydrogens (primary N) is 1. The summed E-state index contributed by atoms with van der Waals surface area (Å²) in [6, 6.07) is 3.83. The van der Waals surface area contributed by atoms with Crippen molar-refractivity contribution in [2.24, 2.45) is 5.73 Å². The van der Waals surface area contributed by atoms with Crippen LogP contribution in [0.5, 0.6) is 5.75 Å². The Hall–Kier alpha value is -1.23. The molecule has 0 spiro atoms. The van der Waals surface area contributed by atoms with E-state index >= 15 is 0 Å². The molecule has 0 radical (unpaired) electrons. The number of ether oxygens (including phenoxy) is 1. The Morgan fingerprint density at radius 3 is 2.62 bits per heavy atom. The standard InChI is InChI=1S/C11H14F3NO/c1-2-6-16-9-5-3-4-8(7-9)10(15)11(12,13)14/h3-5,7,10H,2,6,15H2,1H3/t10-/m1/s1. The Morgan fingerprint density at radius 1 is 1.38 bits per heavy atom. The number of rotatable bonds is 4. The molecular formula is C11H14F3NO. The number of alkyl halides is 3. The van der Waals surface area contributed by atoms with Gasteiger partial charge in [-0.15, -0.1) is 0 Å². The van der Waals surface area contributed by atoms with Crippen molar-refractivity contribution in [2.75, 3.05) is 6.61 Å². The van der Waals surface area contributed by atoms with Crippen LogP contribution < -0.4 is 10.5 Å². The molecule has 0 saturated carbocycles. The Labute approximate surface area is 92.2 Å². The average Bonchev–Trinajstić information content (AvgIpc) is 2.24. The molecule has 0 amide bonds. The van der Waals surface area contributed by atoms with Crippen molar-refractivity contribution in [2.45, 2.75) is 25.6 Å². The molecule has 0 saturated heterocycles. The summed E-state index contributed by atoms with van der Waals surface area (Å²) in [5.74, 6) is 0.416. The van der Waals surface area contributed by atoms with E-state index in [9.17, 15) is 13.2 Å². The van der Waals surface area contributed by atoms with Crippen LogP contribution in [0.4, 0.5) is 13.2 Å². The molecule has 0 aromatic heterocycles. The second-order valence-corrected chi connectivity index (χ2v) is 3.44. The zero-order valence-electron chi connectivity index (χ0n) is 8.92. The topological polar surface area (TPSA) is 35.2 Å². The van der Waals surface area contributed by atoms with E-state index in [0.29, 0.717) is 12.4 Å². The van der Waals surface area contributed by atoms with Gasteiger partial charge in [0.25, 0.3) is 0 Å². The molecular weight excluding hydrogens is 219 g/mol. The van der Waals surface area contributed by atoms with Crippen LogP contribution in [0.15, 0.2) is 24.3 Å². The first-order valence-corrected chi connectivity index (χ1v) is 5.00. The number of benzene rings is 1. The highest BCUT2D eigenvalue weighted by molar-refractivity contribution is 5.31. The van der Waals surface area contributed by atoms with E-state index in [1.807, 2.05) is 6.92 Å². The second-order valence-electron chi connectivity index (χ2n) is 3.44. The fraction of sp³-hybridized carbons (Fsp3) is 0.455. The molecule has 5 heteroatoms. The number of halogens is 3. The first kappa shape index (κ1) is 12.8. The van der Waals surface area contributed by atoms with Crippen LogP contribution in [-0.2, 0) is 0 Å². The molecule has 2 N–H and O–H groups in total. The molecule has 16 heavy (non-hydrogen) atoms. The van der Waals surface area contributed by atoms with Crippen molar-refractivity contribution < 1.29 is 17.9 Å². The van der Waals surface area contributed by atoms with Gasteiger partial charge in [-0.3, -0.25) is 0 Å². The lowest BCUT2D eigenvalue weighted by molar-refractivity contribution is -0.149. The van der Waals surface area contributed by atoms with Gasteiger partial charge in [0.15, 0.2) is 0 Å². The van der Waals surface area contributed by atoms with Crippen molar-refractivity contribution >= 4 is 0 Å². The van der Waals surface area contributed by atoms with Gasteiger partial charge in [0, 0.05) is 0 Å². The third kappa shape index (κ3) is 3.41. The zero-order chi connectivity index (χ0) is 12.2. The highest BCUT2D eigenvalue weighted by Crippen LogP contribution is 2.31. The van der Waals surface area contributed by atoms with Gasteiger partial charge >= 0.3 is 6.18 Å². The lowest BCUT2D eigenvalue weighted by Gasteiger charge is -2.16. The summed E-state index contributed by atoms with van der Waals surface area (Å²) >= 11 is 0. The fourth-order valence-corrected chi connectivity index (χ4v) is 1.21. The van der Waals surface area contributed by atoms with Gasteiger partial charge in [-0.1, -0.05) is 19.1 Å². The average molecular weight is 233 g/mol. The summed E-state index contributed by atoms with van der Waals surface area (Å²) < 4.78 is 42.3. The maximum atomic E-state index is 12.4. The van der Waals surface area contributed by atoms with Crippen LogP contribution >= 0.6 is 0 Å². The molecule has 0 heterocycles. The molecule has 90 valence electrons. The van der Waals surface area contributed by atoms with Crippen LogP contribution in [0, 0.1) is 0 Å². The minimum absolute atomic E-state index is 0.0149. The predicted octanol–water partition coefficient (Wildman–Crippen LogP) is 3.04. The van der Waals surface area contributed by atoms with Gasteiger partial charge in [-0.05, 0) is 24.1 Å². The van der Waals surface area contributed by atoms with Crippen molar-refractivity contribution in [3.8, 4) is 5.75 Å². The van der Waals surface area contributed by atoms with E-state index in [1.165, 1.54) is 18.2 Å². The highest BCUT2D eigenvalue weighted by atomic mass is 19.4. The Balaban J connectivity index is 2.81. The van der Waals surface area contributed by atoms with Gasteiger partial charge in [0.2, 0.25) is 0 Å². The van der Waals surface area contributed by atoms with Gasteiger partial charge in [0.05, 0.1) is 6.61 Å². The zero-order valence-corrected chi connectivity index (χ0v) is 8.92. The number of hydrogen-bond acceptors (Lipinski definition) is 2. The predicted molar refractivity (Wildman–Crippen MR) is 55.2 cm³/mol. The smallest absolute Gasteiger partial charge is 0.407 e. The van der Waals surface area contributed by atoms with E-state index in [0.717, 1.165) is 6.42 Å². The summed E-state index contributed by atoms with van der Waals surface area (Å²) in [5, 5.41) is 0. The fourth-order valence-electron chi connectivity index (χ4n) is 1.21. The minimum atomic E-state index is -4.43. The van der Waals surface area contributed by atoms with Crippen molar-refractivity contribution in [1.82, 2.24) is 0 Å². The van der Waals surface area contributed by atoms with Gasteiger partial charge in [-0.25, -0.2) is 0 Å². The van der Waals surface area contributed by atoms with E-state index < -0.39 is 12.2 Å². The van der Waals surface area contributed by atoms with Gasteiger partial charge in [-0.2, -0.15) is 13.2 Å². The van der Waals surface area contributed by atoms with Crippen molar-refractivity contribution in [3.05, 3.63) is 29.8 Å². The monoisotopic (exact) mass is 233 g/mol. The largest absolute Gasteiger partial charge is 0.494 e. The van der Waals surface area contributed by atoms with Crippen LogP contribution in [0.3, 0.4) is 0 Å². The number of hydrogen-bond donors (Lipinski definition) is 1. The van der Waals surface area contributed by atoms with E-state index in [4.69, 9.17) is 10.5 Å². The lowest BCUT2D eigenvalue weighted by atomic mass is 10.1. The summed E-state index contributed by atoms with van der Waals surface area (Å²) in [6.45, 7) is 2.40. The summed E-state index contributed by atoms with van der Waals surface area (Å²) in [4.78, 5) is 0. The maximum Gasteiger partial charge on any atom is 0.407 e. The molecule has 0 aliphatic heterocycles. The molecule has 1 aromatic rings. The first-order chi connectivity index (χ1) is 7.45. The van der Waals surface area contributed by atoms with Crippen LogP contribution in [0.1, 0.15) is 24.9 Å². The molecule has 0 bridgehead atoms. The third-order valence-electron chi connectivity index (χ3n) is 2.04. The molecule has 0 aliphatic carbocycles. The Bertz CT molecular complexity index is 338. The second kappa shape index (κ2) is 5.21. The van der Waals surface area contributed by atoms with Crippen molar-refractivity contribution in [3.63, 3.8) is 0 Å². The molecule has 1 rings (SSSR count). The minimum Gasteiger partial charge on any atom is -0.494 e.